The van der Waals surface area contributed by atoms with E-state index in [0.29, 0.717) is 12.1 Å². The van der Waals surface area contributed by atoms with Crippen LogP contribution >= 0.6 is 0 Å². The van der Waals surface area contributed by atoms with Gasteiger partial charge >= 0.3 is 0 Å². The highest BCUT2D eigenvalue weighted by atomic mass is 32.2. The highest BCUT2D eigenvalue weighted by Gasteiger charge is 2.22. The third-order valence-corrected chi connectivity index (χ3v) is 5.34. The van der Waals surface area contributed by atoms with E-state index in [2.05, 4.69) is 23.5 Å². The summed E-state index contributed by atoms with van der Waals surface area (Å²) in [5.41, 5.74) is 7.16. The maximum atomic E-state index is 12.1. The van der Waals surface area contributed by atoms with Crippen LogP contribution in [0, 0.1) is 0 Å². The molecule has 0 aliphatic rings. The number of hydrogen-bond acceptors (Lipinski definition) is 4. The van der Waals surface area contributed by atoms with Crippen molar-refractivity contribution in [2.75, 3.05) is 29.3 Å². The Kier molecular flexibility index (Phi) is 6.29. The summed E-state index contributed by atoms with van der Waals surface area (Å²) in [6, 6.07) is 7.42. The largest absolute Gasteiger partial charge is 0.372 e. The Bertz CT molecular complexity index is 492. The number of sulfonamides is 1. The lowest BCUT2D eigenvalue weighted by Crippen LogP contribution is -2.33. The van der Waals surface area contributed by atoms with Crippen molar-refractivity contribution in [2.45, 2.75) is 32.4 Å². The molecule has 0 aliphatic heterocycles. The Balaban J connectivity index is 2.85. The molecule has 0 radical (unpaired) electrons. The Labute approximate surface area is 122 Å². The van der Waals surface area contributed by atoms with E-state index in [-0.39, 0.29) is 6.54 Å². The summed E-state index contributed by atoms with van der Waals surface area (Å²) in [5, 5.41) is -0.551. The van der Waals surface area contributed by atoms with Gasteiger partial charge in [0, 0.05) is 31.0 Å². The first-order valence-corrected chi connectivity index (χ1v) is 8.59. The summed E-state index contributed by atoms with van der Waals surface area (Å²) in [4.78, 5) is 2.20. The van der Waals surface area contributed by atoms with Gasteiger partial charge in [-0.15, -0.1) is 0 Å². The summed E-state index contributed by atoms with van der Waals surface area (Å²) in [6.07, 6.45) is 0.503. The van der Waals surface area contributed by atoms with E-state index in [1.54, 1.807) is 12.1 Å². The van der Waals surface area contributed by atoms with Gasteiger partial charge in [0.1, 0.15) is 0 Å². The molecule has 1 aromatic rings. The average Bonchev–Trinajstić information content (AvgIpc) is 2.42. The Hall–Kier alpha value is -1.27. The van der Waals surface area contributed by atoms with Crippen molar-refractivity contribution < 1.29 is 8.42 Å². The zero-order valence-electron chi connectivity index (χ0n) is 12.5. The smallest absolute Gasteiger partial charge is 0.236 e. The average molecular weight is 299 g/mol. The number of nitrogens with two attached hydrogens (primary N) is 1. The predicted molar refractivity (Wildman–Crippen MR) is 85.7 cm³/mol. The number of hydrogen-bond donors (Lipinski definition) is 2. The molecule has 3 N–H and O–H groups in total. The van der Waals surface area contributed by atoms with Gasteiger partial charge in [-0.05, 0) is 44.5 Å². The van der Waals surface area contributed by atoms with Gasteiger partial charge in [-0.1, -0.05) is 6.92 Å². The van der Waals surface area contributed by atoms with Gasteiger partial charge < -0.3 is 10.6 Å². The van der Waals surface area contributed by atoms with Crippen molar-refractivity contribution in [3.8, 4) is 0 Å². The molecule has 5 nitrogen and oxygen atoms in total. The predicted octanol–water partition coefficient (Wildman–Crippen LogP) is 2.01. The van der Waals surface area contributed by atoms with Gasteiger partial charge in [0.15, 0.2) is 0 Å². The second kappa shape index (κ2) is 7.50. The topological polar surface area (TPSA) is 75.4 Å². The summed E-state index contributed by atoms with van der Waals surface area (Å²) < 4.78 is 26.8. The fourth-order valence-corrected chi connectivity index (χ4v) is 3.41. The Morgan fingerprint density at radius 3 is 2.10 bits per heavy atom. The quantitative estimate of drug-likeness (QED) is 0.770. The minimum Gasteiger partial charge on any atom is -0.372 e. The standard InChI is InChI=1S/C14H25N3O2S/c1-4-14(11-15)20(18,19)16-12-7-9-13(10-8-12)17(5-2)6-3/h7-10,14,16H,4-6,11,15H2,1-3H3. The lowest BCUT2D eigenvalue weighted by Gasteiger charge is -2.21. The van der Waals surface area contributed by atoms with E-state index < -0.39 is 15.3 Å². The van der Waals surface area contributed by atoms with Crippen molar-refractivity contribution in [1.82, 2.24) is 0 Å². The third kappa shape index (κ3) is 4.11. The highest BCUT2D eigenvalue weighted by molar-refractivity contribution is 7.93. The van der Waals surface area contributed by atoms with Crippen LogP contribution in [0.15, 0.2) is 24.3 Å². The van der Waals surface area contributed by atoms with E-state index >= 15 is 0 Å². The van der Waals surface area contributed by atoms with E-state index in [9.17, 15) is 8.42 Å². The summed E-state index contributed by atoms with van der Waals surface area (Å²) in [6.45, 7) is 7.98. The fourth-order valence-electron chi connectivity index (χ4n) is 2.09. The summed E-state index contributed by atoms with van der Waals surface area (Å²) in [7, 11) is -3.41. The van der Waals surface area contributed by atoms with Gasteiger partial charge in [0.05, 0.1) is 5.25 Å². The van der Waals surface area contributed by atoms with Crippen molar-refractivity contribution in [1.29, 1.82) is 0 Å². The normalized spacial score (nSPS) is 13.0. The molecule has 1 atom stereocenters. The lowest BCUT2D eigenvalue weighted by atomic mass is 10.2. The van der Waals surface area contributed by atoms with Crippen LogP contribution in [0.25, 0.3) is 0 Å². The van der Waals surface area contributed by atoms with Gasteiger partial charge in [0.25, 0.3) is 0 Å². The van der Waals surface area contributed by atoms with Gasteiger partial charge in [-0.25, -0.2) is 8.42 Å². The first-order chi connectivity index (χ1) is 9.48. The zero-order valence-corrected chi connectivity index (χ0v) is 13.3. The second-order valence-corrected chi connectivity index (χ2v) is 6.59. The van der Waals surface area contributed by atoms with Crippen LogP contribution in [-0.2, 0) is 10.0 Å². The molecule has 0 saturated heterocycles. The summed E-state index contributed by atoms with van der Waals surface area (Å²) in [5.74, 6) is 0. The first-order valence-electron chi connectivity index (χ1n) is 7.05. The van der Waals surface area contributed by atoms with Crippen LogP contribution in [0.2, 0.25) is 0 Å². The first kappa shape index (κ1) is 16.8. The van der Waals surface area contributed by atoms with Gasteiger partial charge in [-0.2, -0.15) is 0 Å². The van der Waals surface area contributed by atoms with Crippen LogP contribution in [-0.4, -0.2) is 33.3 Å². The molecule has 0 aliphatic carbocycles. The molecule has 0 saturated carbocycles. The maximum absolute atomic E-state index is 12.1. The molecule has 1 rings (SSSR count). The van der Waals surface area contributed by atoms with E-state index in [1.807, 2.05) is 19.1 Å². The number of nitrogens with one attached hydrogen (secondary N) is 1. The van der Waals surface area contributed by atoms with E-state index in [0.717, 1.165) is 18.8 Å². The van der Waals surface area contributed by atoms with Crippen molar-refractivity contribution in [2.24, 2.45) is 5.73 Å². The number of nitrogens with zero attached hydrogens (tertiary/aromatic N) is 1. The molecule has 0 bridgehead atoms. The molecule has 6 heteroatoms. The minimum atomic E-state index is -3.41. The monoisotopic (exact) mass is 299 g/mol. The number of anilines is 2. The van der Waals surface area contributed by atoms with Crippen LogP contribution in [0.4, 0.5) is 11.4 Å². The lowest BCUT2D eigenvalue weighted by molar-refractivity contribution is 0.581. The Morgan fingerprint density at radius 2 is 1.70 bits per heavy atom. The molecule has 0 amide bonds. The van der Waals surface area contributed by atoms with Crippen LogP contribution in [0.5, 0.6) is 0 Å². The molecule has 114 valence electrons. The van der Waals surface area contributed by atoms with Crippen LogP contribution in [0.3, 0.4) is 0 Å². The molecule has 1 aromatic carbocycles. The number of rotatable bonds is 8. The summed E-state index contributed by atoms with van der Waals surface area (Å²) >= 11 is 0. The minimum absolute atomic E-state index is 0.128. The van der Waals surface area contributed by atoms with Crippen LogP contribution < -0.4 is 15.4 Å². The molecular weight excluding hydrogens is 274 g/mol. The van der Waals surface area contributed by atoms with Crippen molar-refractivity contribution in [3.63, 3.8) is 0 Å². The molecule has 20 heavy (non-hydrogen) atoms. The second-order valence-electron chi connectivity index (χ2n) is 4.63. The third-order valence-electron chi connectivity index (χ3n) is 3.41. The van der Waals surface area contributed by atoms with Gasteiger partial charge in [0.2, 0.25) is 10.0 Å². The number of benzene rings is 1. The van der Waals surface area contributed by atoms with Crippen molar-refractivity contribution >= 4 is 21.4 Å². The van der Waals surface area contributed by atoms with E-state index in [1.165, 1.54) is 0 Å². The highest BCUT2D eigenvalue weighted by Crippen LogP contribution is 2.19. The molecular formula is C14H25N3O2S. The molecule has 0 fully saturated rings. The molecule has 0 heterocycles. The molecule has 0 aromatic heterocycles. The maximum Gasteiger partial charge on any atom is 0.236 e. The fraction of sp³-hybridized carbons (Fsp3) is 0.571. The van der Waals surface area contributed by atoms with Crippen molar-refractivity contribution in [3.05, 3.63) is 24.3 Å². The molecule has 1 unspecified atom stereocenters. The van der Waals surface area contributed by atoms with Crippen LogP contribution in [0.1, 0.15) is 27.2 Å². The zero-order chi connectivity index (χ0) is 15.2. The Morgan fingerprint density at radius 1 is 1.15 bits per heavy atom. The SMILES string of the molecule is CCC(CN)S(=O)(=O)Nc1ccc(N(CC)CC)cc1. The molecule has 0 spiro atoms. The van der Waals surface area contributed by atoms with Gasteiger partial charge in [-0.3, -0.25) is 4.72 Å². The van der Waals surface area contributed by atoms with E-state index in [4.69, 9.17) is 5.73 Å².